The number of nitrogens with two attached hydrogens (primary N) is 1. The van der Waals surface area contributed by atoms with Gasteiger partial charge in [0.2, 0.25) is 6.10 Å². The first-order valence-electron chi connectivity index (χ1n) is 8.28. The summed E-state index contributed by atoms with van der Waals surface area (Å²) in [6.45, 7) is 0. The number of halogens is 3. The Morgan fingerprint density at radius 1 is 1.11 bits per heavy atom. The second-order valence-corrected chi connectivity index (χ2v) is 6.28. The molecule has 0 radical (unpaired) electrons. The molecule has 27 heavy (non-hydrogen) atoms. The van der Waals surface area contributed by atoms with Gasteiger partial charge in [-0.2, -0.15) is 13.2 Å². The molecule has 1 atom stereocenters. The van der Waals surface area contributed by atoms with Crippen LogP contribution in [-0.4, -0.2) is 17.9 Å². The highest BCUT2D eigenvalue weighted by Crippen LogP contribution is 2.32. The summed E-state index contributed by atoms with van der Waals surface area (Å²) in [4.78, 5) is 24.9. The molecule has 1 saturated carbocycles. The summed E-state index contributed by atoms with van der Waals surface area (Å²) < 4.78 is 43.5. The summed E-state index contributed by atoms with van der Waals surface area (Å²) in [6.07, 6.45) is -4.09. The van der Waals surface area contributed by atoms with Crippen LogP contribution in [0.4, 0.5) is 18.9 Å². The van der Waals surface area contributed by atoms with Gasteiger partial charge in [-0.1, -0.05) is 30.3 Å². The molecule has 0 unspecified atom stereocenters. The number of alkyl halides is 3. The molecular weight excluding hydrogens is 361 g/mol. The molecule has 2 aromatic rings. The van der Waals surface area contributed by atoms with Crippen LogP contribution in [0.15, 0.2) is 48.5 Å². The van der Waals surface area contributed by atoms with Crippen molar-refractivity contribution in [2.45, 2.75) is 31.2 Å². The number of nitrogen functional groups attached to an aromatic ring is 1. The van der Waals surface area contributed by atoms with Crippen LogP contribution in [0.1, 0.15) is 40.4 Å². The Hall–Kier alpha value is -3.03. The van der Waals surface area contributed by atoms with Crippen molar-refractivity contribution in [3.05, 3.63) is 65.2 Å². The van der Waals surface area contributed by atoms with Crippen molar-refractivity contribution in [2.75, 3.05) is 5.73 Å². The minimum absolute atomic E-state index is 0.0542. The molecule has 3 rings (SSSR count). The highest BCUT2D eigenvalue weighted by Gasteiger charge is 2.33. The number of carbonyl (C=O) groups is 2. The molecule has 3 N–H and O–H groups in total. The lowest BCUT2D eigenvalue weighted by molar-refractivity contribution is -0.137. The van der Waals surface area contributed by atoms with Crippen molar-refractivity contribution in [3.63, 3.8) is 0 Å². The summed E-state index contributed by atoms with van der Waals surface area (Å²) in [6, 6.07) is 10.8. The van der Waals surface area contributed by atoms with Crippen LogP contribution >= 0.6 is 0 Å². The highest BCUT2D eigenvalue weighted by molar-refractivity contribution is 5.97. The van der Waals surface area contributed by atoms with Crippen LogP contribution in [0.25, 0.3) is 0 Å². The lowest BCUT2D eigenvalue weighted by atomic mass is 10.1. The predicted molar refractivity (Wildman–Crippen MR) is 91.6 cm³/mol. The molecule has 0 aliphatic heterocycles. The molecule has 5 nitrogen and oxygen atoms in total. The number of rotatable bonds is 5. The van der Waals surface area contributed by atoms with E-state index in [-0.39, 0.29) is 17.3 Å². The van der Waals surface area contributed by atoms with E-state index >= 15 is 0 Å². The fourth-order valence-corrected chi connectivity index (χ4v) is 2.50. The number of hydrogen-bond donors (Lipinski definition) is 2. The van der Waals surface area contributed by atoms with Gasteiger partial charge in [0, 0.05) is 17.3 Å². The summed E-state index contributed by atoms with van der Waals surface area (Å²) in [5.74, 6) is -1.46. The minimum atomic E-state index is -4.58. The van der Waals surface area contributed by atoms with Crippen LogP contribution in [0.2, 0.25) is 0 Å². The largest absolute Gasteiger partial charge is 0.444 e. The molecule has 1 fully saturated rings. The van der Waals surface area contributed by atoms with Crippen molar-refractivity contribution >= 4 is 17.6 Å². The number of nitrogens with one attached hydrogen (secondary N) is 1. The van der Waals surface area contributed by atoms with Gasteiger partial charge in [0.1, 0.15) is 0 Å². The SMILES string of the molecule is Nc1cc(C(F)(F)F)ccc1C(=O)O[C@@H](C(=O)NC1CC1)c1ccccc1. The van der Waals surface area contributed by atoms with Gasteiger partial charge in [0.25, 0.3) is 5.91 Å². The first-order valence-corrected chi connectivity index (χ1v) is 8.28. The zero-order chi connectivity index (χ0) is 19.6. The van der Waals surface area contributed by atoms with Crippen molar-refractivity contribution in [2.24, 2.45) is 0 Å². The average molecular weight is 378 g/mol. The van der Waals surface area contributed by atoms with Gasteiger partial charge in [-0.15, -0.1) is 0 Å². The Balaban J connectivity index is 1.83. The van der Waals surface area contributed by atoms with E-state index in [1.54, 1.807) is 30.3 Å². The van der Waals surface area contributed by atoms with Gasteiger partial charge < -0.3 is 15.8 Å². The molecular formula is C19H17F3N2O3. The van der Waals surface area contributed by atoms with E-state index in [4.69, 9.17) is 10.5 Å². The number of benzene rings is 2. The number of ether oxygens (including phenoxy) is 1. The molecule has 1 amide bonds. The van der Waals surface area contributed by atoms with Gasteiger partial charge in [-0.05, 0) is 31.0 Å². The number of carbonyl (C=O) groups excluding carboxylic acids is 2. The zero-order valence-corrected chi connectivity index (χ0v) is 14.1. The van der Waals surface area contributed by atoms with Crippen LogP contribution in [0.3, 0.4) is 0 Å². The maximum Gasteiger partial charge on any atom is 0.416 e. The third kappa shape index (κ3) is 4.58. The molecule has 8 heteroatoms. The van der Waals surface area contributed by atoms with Crippen molar-refractivity contribution in [3.8, 4) is 0 Å². The van der Waals surface area contributed by atoms with Crippen molar-refractivity contribution in [1.29, 1.82) is 0 Å². The van der Waals surface area contributed by atoms with Gasteiger partial charge in [-0.3, -0.25) is 4.79 Å². The molecule has 2 aromatic carbocycles. The molecule has 0 spiro atoms. The Bertz CT molecular complexity index is 849. The normalized spacial score (nSPS) is 15.1. The number of hydrogen-bond acceptors (Lipinski definition) is 4. The van der Waals surface area contributed by atoms with Gasteiger partial charge >= 0.3 is 12.1 Å². The van der Waals surface area contributed by atoms with E-state index in [0.29, 0.717) is 11.6 Å². The maximum absolute atomic E-state index is 12.7. The molecule has 0 bridgehead atoms. The van der Waals surface area contributed by atoms with E-state index in [9.17, 15) is 22.8 Å². The van der Waals surface area contributed by atoms with Gasteiger partial charge in [0.15, 0.2) is 0 Å². The molecule has 0 saturated heterocycles. The molecule has 0 heterocycles. The minimum Gasteiger partial charge on any atom is -0.444 e. The number of anilines is 1. The third-order valence-electron chi connectivity index (χ3n) is 4.09. The van der Waals surface area contributed by atoms with Crippen LogP contribution in [0, 0.1) is 0 Å². The quantitative estimate of drug-likeness (QED) is 0.617. The van der Waals surface area contributed by atoms with Crippen LogP contribution in [-0.2, 0) is 15.7 Å². The highest BCUT2D eigenvalue weighted by atomic mass is 19.4. The number of esters is 1. The van der Waals surface area contributed by atoms with E-state index in [1.165, 1.54) is 0 Å². The molecule has 142 valence electrons. The second kappa shape index (κ2) is 7.30. The number of amides is 1. The Labute approximate surface area is 153 Å². The predicted octanol–water partition coefficient (Wildman–Crippen LogP) is 3.46. The fourth-order valence-electron chi connectivity index (χ4n) is 2.50. The summed E-state index contributed by atoms with van der Waals surface area (Å²) in [5.41, 5.74) is 4.48. The topological polar surface area (TPSA) is 81.4 Å². The summed E-state index contributed by atoms with van der Waals surface area (Å²) >= 11 is 0. The van der Waals surface area contributed by atoms with Crippen molar-refractivity contribution < 1.29 is 27.5 Å². The first-order chi connectivity index (χ1) is 12.8. The average Bonchev–Trinajstić information content (AvgIpc) is 3.43. The van der Waals surface area contributed by atoms with E-state index < -0.39 is 29.7 Å². The first kappa shape index (κ1) is 18.8. The Kier molecular flexibility index (Phi) is 5.07. The lowest BCUT2D eigenvalue weighted by Crippen LogP contribution is -2.33. The smallest absolute Gasteiger partial charge is 0.416 e. The van der Waals surface area contributed by atoms with Gasteiger partial charge in [0.05, 0.1) is 11.1 Å². The molecule has 1 aliphatic carbocycles. The van der Waals surface area contributed by atoms with E-state index in [0.717, 1.165) is 25.0 Å². The summed E-state index contributed by atoms with van der Waals surface area (Å²) in [5, 5.41) is 2.76. The van der Waals surface area contributed by atoms with E-state index in [1.807, 2.05) is 0 Å². The monoisotopic (exact) mass is 378 g/mol. The van der Waals surface area contributed by atoms with Crippen LogP contribution in [0.5, 0.6) is 0 Å². The fraction of sp³-hybridized carbons (Fsp3) is 0.263. The maximum atomic E-state index is 12.7. The molecule has 0 aromatic heterocycles. The summed E-state index contributed by atoms with van der Waals surface area (Å²) in [7, 11) is 0. The zero-order valence-electron chi connectivity index (χ0n) is 14.1. The van der Waals surface area contributed by atoms with Gasteiger partial charge in [-0.25, -0.2) is 4.79 Å². The second-order valence-electron chi connectivity index (χ2n) is 6.28. The Morgan fingerprint density at radius 2 is 1.78 bits per heavy atom. The third-order valence-corrected chi connectivity index (χ3v) is 4.09. The van der Waals surface area contributed by atoms with Crippen LogP contribution < -0.4 is 11.1 Å². The molecule has 1 aliphatic rings. The Morgan fingerprint density at radius 3 is 2.33 bits per heavy atom. The van der Waals surface area contributed by atoms with E-state index in [2.05, 4.69) is 5.32 Å². The standard InChI is InChI=1S/C19H17F3N2O3/c20-19(21,22)12-6-9-14(15(23)10-12)18(26)27-16(11-4-2-1-3-5-11)17(25)24-13-7-8-13/h1-6,9-10,13,16H,7-8,23H2,(H,24,25)/t16-/m1/s1. The van der Waals surface area contributed by atoms with Crippen molar-refractivity contribution in [1.82, 2.24) is 5.32 Å². The lowest BCUT2D eigenvalue weighted by Gasteiger charge is -2.19.